The van der Waals surface area contributed by atoms with Gasteiger partial charge < -0.3 is 10.6 Å². The molecular weight excluding hydrogens is 416 g/mol. The molecule has 2 aromatic rings. The topological polar surface area (TPSA) is 146 Å². The normalized spacial score (nSPS) is 17.6. The van der Waals surface area contributed by atoms with Gasteiger partial charge in [0.2, 0.25) is 0 Å². The molecule has 32 heavy (non-hydrogen) atoms. The summed E-state index contributed by atoms with van der Waals surface area (Å²) in [6.45, 7) is 9.15. The predicted octanol–water partition coefficient (Wildman–Crippen LogP) is 2.20. The van der Waals surface area contributed by atoms with Gasteiger partial charge in [0, 0.05) is 13.1 Å². The molecule has 0 spiro atoms. The average Bonchev–Trinajstić information content (AvgIpc) is 3.32. The van der Waals surface area contributed by atoms with E-state index in [0.29, 0.717) is 23.2 Å². The molecule has 0 radical (unpaired) electrons. The van der Waals surface area contributed by atoms with E-state index < -0.39 is 0 Å². The standard InChI is InChI=1S/2C10H16N4O2/c1-8-10(14(15)16)6-12-13(8)7-9-2-4-11-5-3-9;1-8-10(14(15)16)7-13(12-8)6-9-2-4-11-5-3-9/h6,9,11H,2-5,7H2,1H3;7,9,11H,2-6H2,1H3. The Hall–Kier alpha value is -2.86. The molecule has 2 saturated heterocycles. The van der Waals surface area contributed by atoms with E-state index >= 15 is 0 Å². The van der Waals surface area contributed by atoms with Gasteiger partial charge in [0.25, 0.3) is 0 Å². The van der Waals surface area contributed by atoms with Gasteiger partial charge in [-0.15, -0.1) is 0 Å². The van der Waals surface area contributed by atoms with Crippen molar-refractivity contribution < 1.29 is 9.85 Å². The van der Waals surface area contributed by atoms with Crippen LogP contribution in [0.3, 0.4) is 0 Å². The van der Waals surface area contributed by atoms with Gasteiger partial charge in [0.05, 0.1) is 9.85 Å². The maximum atomic E-state index is 10.7. The highest BCUT2D eigenvalue weighted by atomic mass is 16.6. The van der Waals surface area contributed by atoms with Crippen LogP contribution in [0.4, 0.5) is 11.4 Å². The number of aryl methyl sites for hydroxylation is 1. The fourth-order valence-corrected chi connectivity index (χ4v) is 4.22. The Kier molecular flexibility index (Phi) is 8.28. The van der Waals surface area contributed by atoms with Gasteiger partial charge >= 0.3 is 11.4 Å². The molecular formula is C20H32N8O4. The summed E-state index contributed by atoms with van der Waals surface area (Å²) in [5, 5.41) is 36.2. The number of nitrogens with zero attached hydrogens (tertiary/aromatic N) is 6. The van der Waals surface area contributed by atoms with E-state index in [0.717, 1.165) is 65.0 Å². The van der Waals surface area contributed by atoms with Gasteiger partial charge in [-0.05, 0) is 77.5 Å². The number of piperidine rings is 2. The zero-order valence-corrected chi connectivity index (χ0v) is 18.7. The third-order valence-electron chi connectivity index (χ3n) is 6.18. The minimum absolute atomic E-state index is 0.119. The van der Waals surface area contributed by atoms with Gasteiger partial charge in [-0.3, -0.25) is 29.6 Å². The van der Waals surface area contributed by atoms with E-state index in [1.807, 2.05) is 0 Å². The predicted molar refractivity (Wildman–Crippen MR) is 118 cm³/mol. The van der Waals surface area contributed by atoms with Crippen molar-refractivity contribution >= 4 is 11.4 Å². The van der Waals surface area contributed by atoms with Crippen LogP contribution in [0, 0.1) is 45.9 Å². The number of nitro groups is 2. The van der Waals surface area contributed by atoms with Crippen molar-refractivity contribution in [1.82, 2.24) is 30.2 Å². The summed E-state index contributed by atoms with van der Waals surface area (Å²) < 4.78 is 3.47. The molecule has 0 saturated carbocycles. The highest BCUT2D eigenvalue weighted by Crippen LogP contribution is 2.21. The second-order valence-electron chi connectivity index (χ2n) is 8.52. The Labute approximate surface area is 186 Å². The number of hydrogen-bond donors (Lipinski definition) is 2. The highest BCUT2D eigenvalue weighted by Gasteiger charge is 2.20. The monoisotopic (exact) mass is 448 g/mol. The van der Waals surface area contributed by atoms with E-state index in [2.05, 4.69) is 20.8 Å². The molecule has 0 atom stereocenters. The van der Waals surface area contributed by atoms with Crippen LogP contribution < -0.4 is 10.6 Å². The van der Waals surface area contributed by atoms with Crippen molar-refractivity contribution in [3.63, 3.8) is 0 Å². The lowest BCUT2D eigenvalue weighted by molar-refractivity contribution is -0.385. The Morgan fingerprint density at radius 1 is 0.938 bits per heavy atom. The summed E-state index contributed by atoms with van der Waals surface area (Å²) in [5.74, 6) is 1.17. The number of rotatable bonds is 6. The summed E-state index contributed by atoms with van der Waals surface area (Å²) in [6.07, 6.45) is 7.35. The van der Waals surface area contributed by atoms with Crippen LogP contribution in [0.25, 0.3) is 0 Å². The summed E-state index contributed by atoms with van der Waals surface area (Å²) >= 11 is 0. The molecule has 0 unspecified atom stereocenters. The first-order valence-electron chi connectivity index (χ1n) is 11.1. The largest absolute Gasteiger partial charge is 0.317 e. The molecule has 0 aliphatic carbocycles. The van der Waals surface area contributed by atoms with Crippen LogP contribution in [-0.2, 0) is 13.1 Å². The lowest BCUT2D eigenvalue weighted by Gasteiger charge is -2.22. The summed E-state index contributed by atoms with van der Waals surface area (Å²) in [5.41, 5.74) is 1.39. The molecule has 2 fully saturated rings. The van der Waals surface area contributed by atoms with Crippen LogP contribution in [0.2, 0.25) is 0 Å². The van der Waals surface area contributed by atoms with Gasteiger partial charge in [0.15, 0.2) is 0 Å². The van der Waals surface area contributed by atoms with E-state index in [1.54, 1.807) is 23.2 Å². The SMILES string of the molecule is Cc1c([N+](=O)[O-])cnn1CC1CCNCC1.Cc1nn(CC2CCNCC2)cc1[N+](=O)[O-]. The minimum atomic E-state index is -0.374. The molecule has 0 bridgehead atoms. The molecule has 176 valence electrons. The lowest BCUT2D eigenvalue weighted by Crippen LogP contribution is -2.30. The first-order chi connectivity index (χ1) is 15.3. The average molecular weight is 449 g/mol. The van der Waals surface area contributed by atoms with Crippen molar-refractivity contribution in [2.75, 3.05) is 26.2 Å². The number of aromatic nitrogens is 4. The highest BCUT2D eigenvalue weighted by molar-refractivity contribution is 5.31. The van der Waals surface area contributed by atoms with Crippen LogP contribution in [0.5, 0.6) is 0 Å². The smallest absolute Gasteiger partial charge is 0.309 e. The fraction of sp³-hybridized carbons (Fsp3) is 0.700. The summed E-state index contributed by atoms with van der Waals surface area (Å²) in [4.78, 5) is 20.6. The van der Waals surface area contributed by atoms with E-state index in [9.17, 15) is 20.2 Å². The molecule has 0 aromatic carbocycles. The molecule has 2 aliphatic heterocycles. The fourth-order valence-electron chi connectivity index (χ4n) is 4.22. The van der Waals surface area contributed by atoms with Crippen molar-refractivity contribution in [3.8, 4) is 0 Å². The lowest BCUT2D eigenvalue weighted by atomic mass is 9.98. The van der Waals surface area contributed by atoms with Crippen molar-refractivity contribution in [2.24, 2.45) is 11.8 Å². The molecule has 2 aliphatic rings. The maximum Gasteiger partial charge on any atom is 0.309 e. The van der Waals surface area contributed by atoms with Crippen LogP contribution in [0.15, 0.2) is 12.4 Å². The van der Waals surface area contributed by atoms with E-state index in [4.69, 9.17) is 0 Å². The zero-order chi connectivity index (χ0) is 23.1. The minimum Gasteiger partial charge on any atom is -0.317 e. The molecule has 4 rings (SSSR count). The maximum absolute atomic E-state index is 10.7. The van der Waals surface area contributed by atoms with E-state index in [1.165, 1.54) is 12.4 Å². The molecule has 2 aromatic heterocycles. The molecule has 4 heterocycles. The number of hydrogen-bond acceptors (Lipinski definition) is 8. The Morgan fingerprint density at radius 2 is 1.47 bits per heavy atom. The van der Waals surface area contributed by atoms with E-state index in [-0.39, 0.29) is 21.2 Å². The third kappa shape index (κ3) is 6.33. The molecule has 12 nitrogen and oxygen atoms in total. The molecule has 12 heteroatoms. The van der Waals surface area contributed by atoms with Crippen LogP contribution in [-0.4, -0.2) is 55.6 Å². The molecule has 0 amide bonds. The summed E-state index contributed by atoms with van der Waals surface area (Å²) in [6, 6.07) is 0. The first kappa shape index (κ1) is 23.8. The Balaban J connectivity index is 0.000000181. The van der Waals surface area contributed by atoms with Crippen molar-refractivity contribution in [1.29, 1.82) is 0 Å². The Bertz CT molecular complexity index is 901. The second-order valence-corrected chi connectivity index (χ2v) is 8.52. The van der Waals surface area contributed by atoms with Crippen molar-refractivity contribution in [2.45, 2.75) is 52.6 Å². The van der Waals surface area contributed by atoms with Crippen molar-refractivity contribution in [3.05, 3.63) is 44.0 Å². The molecule has 2 N–H and O–H groups in total. The second kappa shape index (κ2) is 11.1. The first-order valence-corrected chi connectivity index (χ1v) is 11.1. The van der Waals surface area contributed by atoms with Gasteiger partial charge in [-0.25, -0.2) is 0 Å². The van der Waals surface area contributed by atoms with Gasteiger partial charge in [0.1, 0.15) is 23.8 Å². The zero-order valence-electron chi connectivity index (χ0n) is 18.7. The third-order valence-corrected chi connectivity index (χ3v) is 6.18. The van der Waals surface area contributed by atoms with Gasteiger partial charge in [-0.2, -0.15) is 10.2 Å². The van der Waals surface area contributed by atoms with Crippen LogP contribution in [0.1, 0.15) is 37.1 Å². The van der Waals surface area contributed by atoms with Crippen LogP contribution >= 0.6 is 0 Å². The summed E-state index contributed by atoms with van der Waals surface area (Å²) in [7, 11) is 0. The Morgan fingerprint density at radius 3 is 1.94 bits per heavy atom. The van der Waals surface area contributed by atoms with Gasteiger partial charge in [-0.1, -0.05) is 0 Å². The quantitative estimate of drug-likeness (QED) is 0.505. The number of nitrogens with one attached hydrogen (secondary N) is 2.